The molecule has 1 aliphatic heterocycles. The summed E-state index contributed by atoms with van der Waals surface area (Å²) in [6.45, 7) is 4.12. The lowest BCUT2D eigenvalue weighted by Crippen LogP contribution is -2.27. The number of hydrogen-bond donors (Lipinski definition) is 1. The predicted molar refractivity (Wildman–Crippen MR) is 85.9 cm³/mol. The van der Waals surface area contributed by atoms with E-state index in [0.29, 0.717) is 6.54 Å². The van der Waals surface area contributed by atoms with E-state index in [1.54, 1.807) is 18.4 Å². The fourth-order valence-corrected chi connectivity index (χ4v) is 4.01. The van der Waals surface area contributed by atoms with Crippen molar-refractivity contribution in [1.82, 2.24) is 9.88 Å². The maximum Gasteiger partial charge on any atom is 0.123 e. The highest BCUT2D eigenvalue weighted by Crippen LogP contribution is 2.43. The van der Waals surface area contributed by atoms with Gasteiger partial charge in [-0.15, -0.1) is 11.3 Å². The summed E-state index contributed by atoms with van der Waals surface area (Å²) in [5.41, 5.74) is 9.31. The van der Waals surface area contributed by atoms with E-state index in [1.807, 2.05) is 19.1 Å². The smallest absolute Gasteiger partial charge is 0.123 e. The molecule has 0 bridgehead atoms. The number of halogens is 1. The number of methoxy groups -OCH3 is 1. The quantitative estimate of drug-likeness (QED) is 0.939. The number of aromatic nitrogens is 1. The van der Waals surface area contributed by atoms with Crippen molar-refractivity contribution in [3.05, 3.63) is 44.4 Å². The third-order valence-corrected chi connectivity index (χ3v) is 5.13. The number of benzene rings is 1. The molecule has 0 aliphatic carbocycles. The van der Waals surface area contributed by atoms with E-state index in [-0.39, 0.29) is 6.04 Å². The Balaban J connectivity index is 1.93. The Morgan fingerprint density at radius 2 is 2.33 bits per heavy atom. The average molecular weight is 324 g/mol. The van der Waals surface area contributed by atoms with Gasteiger partial charge < -0.3 is 10.5 Å². The van der Waals surface area contributed by atoms with Crippen LogP contribution in [0.25, 0.3) is 0 Å². The van der Waals surface area contributed by atoms with E-state index >= 15 is 0 Å². The molecule has 1 unspecified atom stereocenters. The number of rotatable bonds is 4. The third-order valence-electron chi connectivity index (χ3n) is 3.84. The van der Waals surface area contributed by atoms with E-state index in [2.05, 4.69) is 15.3 Å². The lowest BCUT2D eigenvalue weighted by Gasteiger charge is -2.22. The molecule has 6 heteroatoms. The maximum absolute atomic E-state index is 6.39. The molecule has 112 valence electrons. The molecule has 1 atom stereocenters. The van der Waals surface area contributed by atoms with Gasteiger partial charge in [-0.05, 0) is 24.6 Å². The molecule has 1 aliphatic rings. The highest BCUT2D eigenvalue weighted by Gasteiger charge is 2.33. The van der Waals surface area contributed by atoms with Crippen LogP contribution in [0.5, 0.6) is 5.75 Å². The van der Waals surface area contributed by atoms with Crippen molar-refractivity contribution in [3.8, 4) is 5.75 Å². The van der Waals surface area contributed by atoms with Gasteiger partial charge >= 0.3 is 0 Å². The zero-order valence-corrected chi connectivity index (χ0v) is 13.7. The number of nitrogens with two attached hydrogens (primary N) is 1. The maximum atomic E-state index is 6.39. The van der Waals surface area contributed by atoms with Crippen molar-refractivity contribution in [2.45, 2.75) is 26.1 Å². The highest BCUT2D eigenvalue weighted by atomic mass is 35.5. The summed E-state index contributed by atoms with van der Waals surface area (Å²) in [4.78, 5) is 6.86. The van der Waals surface area contributed by atoms with Crippen LogP contribution < -0.4 is 10.5 Å². The summed E-state index contributed by atoms with van der Waals surface area (Å²) in [7, 11) is 1.69. The minimum absolute atomic E-state index is 0.117. The van der Waals surface area contributed by atoms with Gasteiger partial charge in [0.25, 0.3) is 0 Å². The molecule has 2 aromatic rings. The van der Waals surface area contributed by atoms with E-state index < -0.39 is 0 Å². The molecular formula is C15H18ClN3OS. The molecule has 1 aromatic heterocycles. The lowest BCUT2D eigenvalue weighted by atomic mass is 10.0. The van der Waals surface area contributed by atoms with Crippen LogP contribution in [-0.2, 0) is 13.1 Å². The van der Waals surface area contributed by atoms with Gasteiger partial charge in [0, 0.05) is 40.8 Å². The van der Waals surface area contributed by atoms with Gasteiger partial charge in [0.15, 0.2) is 0 Å². The molecule has 1 aromatic carbocycles. The zero-order valence-electron chi connectivity index (χ0n) is 12.1. The standard InChI is InChI=1S/C15H18ClN3OS/c1-9-8-21-14(18-9)7-19-6-10-13(20-2)4-3-11(16)15(10)12(19)5-17/h3-4,8,12H,5-7,17H2,1-2H3. The SMILES string of the molecule is COc1ccc(Cl)c2c1CN(Cc1nc(C)cs1)C2CN. The normalized spacial score (nSPS) is 18.0. The van der Waals surface area contributed by atoms with Crippen LogP contribution in [0.4, 0.5) is 0 Å². The van der Waals surface area contributed by atoms with Crippen LogP contribution >= 0.6 is 22.9 Å². The molecule has 0 amide bonds. The van der Waals surface area contributed by atoms with Crippen LogP contribution in [0, 0.1) is 6.92 Å². The van der Waals surface area contributed by atoms with E-state index in [9.17, 15) is 0 Å². The second-order valence-electron chi connectivity index (χ2n) is 5.18. The molecule has 3 rings (SSSR count). The number of nitrogens with zero attached hydrogens (tertiary/aromatic N) is 2. The van der Waals surface area contributed by atoms with Crippen molar-refractivity contribution < 1.29 is 4.74 Å². The van der Waals surface area contributed by atoms with Gasteiger partial charge in [-0.25, -0.2) is 4.98 Å². The Morgan fingerprint density at radius 1 is 1.52 bits per heavy atom. The summed E-state index contributed by atoms with van der Waals surface area (Å²) in [6.07, 6.45) is 0. The summed E-state index contributed by atoms with van der Waals surface area (Å²) in [6, 6.07) is 3.93. The van der Waals surface area contributed by atoms with E-state index in [1.165, 1.54) is 0 Å². The largest absolute Gasteiger partial charge is 0.496 e. The Bertz CT molecular complexity index is 658. The van der Waals surface area contributed by atoms with Crippen LogP contribution in [-0.4, -0.2) is 23.5 Å². The second kappa shape index (κ2) is 5.93. The van der Waals surface area contributed by atoms with Crippen molar-refractivity contribution in [2.75, 3.05) is 13.7 Å². The van der Waals surface area contributed by atoms with Crippen molar-refractivity contribution in [1.29, 1.82) is 0 Å². The molecule has 4 nitrogen and oxygen atoms in total. The van der Waals surface area contributed by atoms with Crippen molar-refractivity contribution in [2.24, 2.45) is 5.73 Å². The Hall–Kier alpha value is -1.14. The average Bonchev–Trinajstić information content (AvgIpc) is 3.04. The number of ether oxygens (including phenoxy) is 1. The third kappa shape index (κ3) is 2.66. The van der Waals surface area contributed by atoms with Gasteiger partial charge in [0.2, 0.25) is 0 Å². The minimum Gasteiger partial charge on any atom is -0.496 e. The summed E-state index contributed by atoms with van der Waals surface area (Å²) in [5.74, 6) is 0.880. The summed E-state index contributed by atoms with van der Waals surface area (Å²) >= 11 is 8.08. The van der Waals surface area contributed by atoms with Crippen LogP contribution in [0.2, 0.25) is 5.02 Å². The number of fused-ring (bicyclic) bond motifs is 1. The number of aryl methyl sites for hydroxylation is 1. The number of hydrogen-bond acceptors (Lipinski definition) is 5. The lowest BCUT2D eigenvalue weighted by molar-refractivity contribution is 0.209. The van der Waals surface area contributed by atoms with E-state index in [0.717, 1.165) is 45.7 Å². The molecule has 0 saturated heterocycles. The fraction of sp³-hybridized carbons (Fsp3) is 0.400. The first kappa shape index (κ1) is 14.8. The molecule has 0 radical (unpaired) electrons. The Labute approximate surface area is 133 Å². The Kier molecular flexibility index (Phi) is 4.17. The van der Waals surface area contributed by atoms with Gasteiger partial charge in [0.1, 0.15) is 10.8 Å². The minimum atomic E-state index is 0.117. The zero-order chi connectivity index (χ0) is 15.0. The Morgan fingerprint density at radius 3 is 2.95 bits per heavy atom. The van der Waals surface area contributed by atoms with Crippen molar-refractivity contribution >= 4 is 22.9 Å². The van der Waals surface area contributed by atoms with Gasteiger partial charge in [-0.1, -0.05) is 11.6 Å². The predicted octanol–water partition coefficient (Wildman–Crippen LogP) is 3.13. The highest BCUT2D eigenvalue weighted by molar-refractivity contribution is 7.09. The monoisotopic (exact) mass is 323 g/mol. The summed E-state index contributed by atoms with van der Waals surface area (Å²) in [5, 5.41) is 3.94. The van der Waals surface area contributed by atoms with Gasteiger partial charge in [-0.3, -0.25) is 4.90 Å². The molecule has 0 fully saturated rings. The fourth-order valence-electron chi connectivity index (χ4n) is 2.91. The van der Waals surface area contributed by atoms with Gasteiger partial charge in [-0.2, -0.15) is 0 Å². The second-order valence-corrected chi connectivity index (χ2v) is 6.53. The number of thiazole rings is 1. The molecule has 2 heterocycles. The topological polar surface area (TPSA) is 51.4 Å². The van der Waals surface area contributed by atoms with E-state index in [4.69, 9.17) is 22.1 Å². The molecule has 2 N–H and O–H groups in total. The first-order chi connectivity index (χ1) is 10.1. The van der Waals surface area contributed by atoms with Crippen LogP contribution in [0.1, 0.15) is 27.9 Å². The van der Waals surface area contributed by atoms with Gasteiger partial charge in [0.05, 0.1) is 13.7 Å². The van der Waals surface area contributed by atoms with Crippen LogP contribution in [0.3, 0.4) is 0 Å². The van der Waals surface area contributed by atoms with Crippen molar-refractivity contribution in [3.63, 3.8) is 0 Å². The molecular weight excluding hydrogens is 306 g/mol. The molecule has 0 spiro atoms. The molecule has 0 saturated carbocycles. The first-order valence-corrected chi connectivity index (χ1v) is 8.10. The first-order valence-electron chi connectivity index (χ1n) is 6.84. The summed E-state index contributed by atoms with van der Waals surface area (Å²) < 4.78 is 5.47. The molecule has 21 heavy (non-hydrogen) atoms. The van der Waals surface area contributed by atoms with Crippen LogP contribution in [0.15, 0.2) is 17.5 Å².